The van der Waals surface area contributed by atoms with E-state index in [1.54, 1.807) is 20.8 Å². The Morgan fingerprint density at radius 1 is 1.17 bits per heavy atom. The lowest BCUT2D eigenvalue weighted by molar-refractivity contribution is 0.0636. The Labute approximate surface area is 276 Å². The summed E-state index contributed by atoms with van der Waals surface area (Å²) in [6.07, 6.45) is 1.38. The van der Waals surface area contributed by atoms with E-state index >= 15 is 8.78 Å². The van der Waals surface area contributed by atoms with Crippen LogP contribution >= 0.6 is 23.1 Å². The SMILES string of the molecule is CCSc1nc(NCc2nc(C3CC3)n[nH]2)c2c3c(c(-c4c(F)ccc5sc(NC(=O)OC(C)(C)C)c(C#N)c45)c(F)c2n1)COC3. The Hall–Kier alpha value is -4.39. The maximum absolute atomic E-state index is 17.1. The Kier molecular flexibility index (Phi) is 7.97. The second kappa shape index (κ2) is 12.0. The highest BCUT2D eigenvalue weighted by Gasteiger charge is 2.33. The first-order chi connectivity index (χ1) is 22.6. The Balaban J connectivity index is 1.39. The summed E-state index contributed by atoms with van der Waals surface area (Å²) in [7, 11) is 0. The molecule has 2 aliphatic rings. The van der Waals surface area contributed by atoms with Gasteiger partial charge in [0.05, 0.1) is 30.7 Å². The number of hydrogen-bond acceptors (Lipinski definition) is 11. The van der Waals surface area contributed by atoms with Crippen LogP contribution in [0.2, 0.25) is 0 Å². The van der Waals surface area contributed by atoms with Crippen molar-refractivity contribution in [1.82, 2.24) is 25.1 Å². The zero-order chi connectivity index (χ0) is 33.0. The molecule has 1 saturated carbocycles. The van der Waals surface area contributed by atoms with Crippen LogP contribution in [0.1, 0.15) is 74.8 Å². The van der Waals surface area contributed by atoms with E-state index in [9.17, 15) is 10.1 Å². The van der Waals surface area contributed by atoms with Crippen molar-refractivity contribution in [3.8, 4) is 17.2 Å². The number of halogens is 2. The number of nitrogens with one attached hydrogen (secondary N) is 3. The number of aromatic nitrogens is 5. The van der Waals surface area contributed by atoms with Crippen LogP contribution < -0.4 is 10.6 Å². The van der Waals surface area contributed by atoms with Crippen molar-refractivity contribution in [3.63, 3.8) is 0 Å². The lowest BCUT2D eigenvalue weighted by atomic mass is 9.90. The van der Waals surface area contributed by atoms with Gasteiger partial charge in [-0.05, 0) is 62.6 Å². The van der Waals surface area contributed by atoms with E-state index in [-0.39, 0.29) is 52.4 Å². The molecule has 11 nitrogen and oxygen atoms in total. The third kappa shape index (κ3) is 5.85. The molecular weight excluding hydrogens is 647 g/mol. The lowest BCUT2D eigenvalue weighted by Gasteiger charge is -2.19. The number of thiophene rings is 1. The molecule has 7 rings (SSSR count). The van der Waals surface area contributed by atoms with E-state index in [0.29, 0.717) is 49.7 Å². The quantitative estimate of drug-likeness (QED) is 0.110. The van der Waals surface area contributed by atoms with Crippen LogP contribution in [0.25, 0.3) is 32.1 Å². The number of carbonyl (C=O) groups excluding carboxylic acids is 1. The number of H-pyrrole nitrogens is 1. The minimum absolute atomic E-state index is 0.00224. The number of amides is 1. The lowest BCUT2D eigenvalue weighted by Crippen LogP contribution is -2.27. The summed E-state index contributed by atoms with van der Waals surface area (Å²) in [5.41, 5.74) is 0.164. The molecule has 0 unspecified atom stereocenters. The summed E-state index contributed by atoms with van der Waals surface area (Å²) in [6, 6.07) is 4.84. The van der Waals surface area contributed by atoms with Crippen LogP contribution in [-0.4, -0.2) is 42.6 Å². The smallest absolute Gasteiger partial charge is 0.412 e. The summed E-state index contributed by atoms with van der Waals surface area (Å²) >= 11 is 2.43. The third-order valence-corrected chi connectivity index (χ3v) is 9.55. The highest BCUT2D eigenvalue weighted by Crippen LogP contribution is 2.48. The third-order valence-electron chi connectivity index (χ3n) is 7.75. The van der Waals surface area contributed by atoms with Crippen LogP contribution in [0.15, 0.2) is 17.3 Å². The van der Waals surface area contributed by atoms with E-state index < -0.39 is 23.3 Å². The molecule has 3 aromatic heterocycles. The molecule has 0 saturated heterocycles. The van der Waals surface area contributed by atoms with E-state index in [1.165, 1.54) is 23.9 Å². The number of thioether (sulfide) groups is 1. The molecule has 2 aromatic carbocycles. The maximum Gasteiger partial charge on any atom is 0.412 e. The summed E-state index contributed by atoms with van der Waals surface area (Å²) in [4.78, 5) is 26.5. The molecule has 15 heteroatoms. The second-order valence-electron chi connectivity index (χ2n) is 12.3. The normalized spacial score (nSPS) is 14.4. The Morgan fingerprint density at radius 3 is 2.68 bits per heavy atom. The number of nitrogens with zero attached hydrogens (tertiary/aromatic N) is 5. The predicted molar refractivity (Wildman–Crippen MR) is 175 cm³/mol. The molecule has 1 amide bonds. The first kappa shape index (κ1) is 31.2. The highest BCUT2D eigenvalue weighted by atomic mass is 32.2. The summed E-state index contributed by atoms with van der Waals surface area (Å²) in [6.45, 7) is 7.50. The van der Waals surface area contributed by atoms with Crippen LogP contribution in [0.3, 0.4) is 0 Å². The topological polar surface area (TPSA) is 151 Å². The molecule has 1 aliphatic carbocycles. The van der Waals surface area contributed by atoms with Crippen molar-refractivity contribution in [2.45, 2.75) is 77.0 Å². The summed E-state index contributed by atoms with van der Waals surface area (Å²) < 4.78 is 44.8. The molecule has 0 bridgehead atoms. The average molecular weight is 677 g/mol. The van der Waals surface area contributed by atoms with Gasteiger partial charge < -0.3 is 14.8 Å². The van der Waals surface area contributed by atoms with E-state index in [0.717, 1.165) is 30.0 Å². The molecule has 0 atom stereocenters. The van der Waals surface area contributed by atoms with Crippen molar-refractivity contribution in [2.24, 2.45) is 0 Å². The first-order valence-corrected chi connectivity index (χ1v) is 16.9. The molecule has 5 aromatic rings. The van der Waals surface area contributed by atoms with Crippen molar-refractivity contribution < 1.29 is 23.0 Å². The van der Waals surface area contributed by atoms with Gasteiger partial charge in [-0.1, -0.05) is 18.7 Å². The first-order valence-electron chi connectivity index (χ1n) is 15.1. The highest BCUT2D eigenvalue weighted by molar-refractivity contribution is 7.99. The van der Waals surface area contributed by atoms with Gasteiger partial charge in [-0.3, -0.25) is 10.4 Å². The standard InChI is InChI=1S/C32H30F2N8O3S2/c1-5-46-30-38-26-23(28(39-30)36-11-20-37-27(42-41-20)14-6-7-14)17-13-44-12-16(17)22(25(26)34)24-18(33)8-9-19-21(24)15(10-35)29(47-19)40-31(43)45-32(2,3)4/h8-9,14H,5-7,11-13H2,1-4H3,(H,40,43)(H,36,38,39)(H,37,41,42). The largest absolute Gasteiger partial charge is 0.444 e. The fourth-order valence-electron chi connectivity index (χ4n) is 5.68. The summed E-state index contributed by atoms with van der Waals surface area (Å²) in [5.74, 6) is 1.35. The van der Waals surface area contributed by atoms with E-state index in [1.807, 2.05) is 6.92 Å². The molecule has 0 radical (unpaired) electrons. The average Bonchev–Trinajstić information content (AvgIpc) is 3.39. The number of fused-ring (bicyclic) bond motifs is 4. The van der Waals surface area contributed by atoms with E-state index in [2.05, 4.69) is 36.9 Å². The molecule has 1 fully saturated rings. The van der Waals surface area contributed by atoms with Gasteiger partial charge in [-0.25, -0.2) is 28.5 Å². The number of rotatable bonds is 8. The number of aromatic amines is 1. The Bertz CT molecular complexity index is 2110. The number of nitriles is 1. The number of hydrogen-bond donors (Lipinski definition) is 3. The minimum atomic E-state index is -0.779. The van der Waals surface area contributed by atoms with Gasteiger partial charge in [-0.15, -0.1) is 11.3 Å². The monoisotopic (exact) mass is 676 g/mol. The Morgan fingerprint density at radius 2 is 1.96 bits per heavy atom. The van der Waals surface area contributed by atoms with Gasteiger partial charge >= 0.3 is 6.09 Å². The minimum Gasteiger partial charge on any atom is -0.444 e. The number of benzene rings is 2. The zero-order valence-electron chi connectivity index (χ0n) is 26.0. The van der Waals surface area contributed by atoms with Gasteiger partial charge in [0.25, 0.3) is 0 Å². The maximum atomic E-state index is 17.1. The molecule has 242 valence electrons. The van der Waals surface area contributed by atoms with Gasteiger partial charge in [0, 0.05) is 27.1 Å². The van der Waals surface area contributed by atoms with E-state index in [4.69, 9.17) is 14.5 Å². The van der Waals surface area contributed by atoms with Crippen LogP contribution in [-0.2, 0) is 29.2 Å². The number of anilines is 2. The fourth-order valence-corrected chi connectivity index (χ4v) is 7.29. The van der Waals surface area contributed by atoms with Gasteiger partial charge in [0.2, 0.25) is 0 Å². The van der Waals surface area contributed by atoms with Crippen molar-refractivity contribution >= 4 is 61.0 Å². The van der Waals surface area contributed by atoms with Crippen molar-refractivity contribution in [3.05, 3.63) is 52.1 Å². The molecule has 4 heterocycles. The van der Waals surface area contributed by atoms with Gasteiger partial charge in [0.15, 0.2) is 16.8 Å². The van der Waals surface area contributed by atoms with Gasteiger partial charge in [-0.2, -0.15) is 10.4 Å². The van der Waals surface area contributed by atoms with Crippen molar-refractivity contribution in [2.75, 3.05) is 16.4 Å². The summed E-state index contributed by atoms with van der Waals surface area (Å²) in [5, 5.41) is 24.6. The molecule has 1 aliphatic heterocycles. The number of carbonyl (C=O) groups is 1. The molecule has 3 N–H and O–H groups in total. The van der Waals surface area contributed by atoms with Crippen LogP contribution in [0.4, 0.5) is 24.4 Å². The molecular formula is C32H30F2N8O3S2. The van der Waals surface area contributed by atoms with Gasteiger partial charge in [0.1, 0.15) is 39.6 Å². The van der Waals surface area contributed by atoms with Crippen LogP contribution in [0, 0.1) is 23.0 Å². The molecule has 47 heavy (non-hydrogen) atoms. The van der Waals surface area contributed by atoms with Crippen molar-refractivity contribution in [1.29, 1.82) is 5.26 Å². The fraction of sp³-hybridized carbons (Fsp3) is 0.375. The second-order valence-corrected chi connectivity index (χ2v) is 14.5. The predicted octanol–water partition coefficient (Wildman–Crippen LogP) is 7.76. The zero-order valence-corrected chi connectivity index (χ0v) is 27.6. The molecule has 0 spiro atoms. The number of ether oxygens (including phenoxy) is 2. The van der Waals surface area contributed by atoms with Crippen LogP contribution in [0.5, 0.6) is 0 Å².